The predicted octanol–water partition coefficient (Wildman–Crippen LogP) is 6.12. The van der Waals surface area contributed by atoms with E-state index in [1.54, 1.807) is 10.9 Å². The number of anilines is 2. The molecule has 5 N–H and O–H groups in total. The van der Waals surface area contributed by atoms with Gasteiger partial charge in [-0.3, -0.25) is 9.40 Å². The van der Waals surface area contributed by atoms with Crippen molar-refractivity contribution in [3.8, 4) is 11.3 Å². The van der Waals surface area contributed by atoms with Crippen molar-refractivity contribution in [1.29, 1.82) is 0 Å². The highest BCUT2D eigenvalue weighted by molar-refractivity contribution is 7.92. The number of halogens is 4. The van der Waals surface area contributed by atoms with E-state index < -0.39 is 43.1 Å². The number of nitrogens with zero attached hydrogens (tertiary/aromatic N) is 3. The molecule has 40 heavy (non-hydrogen) atoms. The molecule has 1 aliphatic carbocycles. The molecule has 0 bridgehead atoms. The van der Waals surface area contributed by atoms with Crippen LogP contribution in [0.2, 0.25) is 5.02 Å². The fourth-order valence-electron chi connectivity index (χ4n) is 5.21. The standard InChI is InChI=1S/C27H28ClF3N6O2S/c1-13(2)37-26-18(14-3-6-16(32)7-4-14)12-34-27(33)24(26)25(35-37)17-10-21(31)22(11-20(17)30)36-40(38,39)23-8-5-15(29)9-19(23)28/h5,8-14,16,36H,3-4,6-7,32H2,1-2H3,(H2,33,34)/t14-,16-. The van der Waals surface area contributed by atoms with Crippen molar-refractivity contribution in [3.63, 3.8) is 0 Å². The molecule has 0 unspecified atom stereocenters. The van der Waals surface area contributed by atoms with Gasteiger partial charge in [-0.25, -0.2) is 26.6 Å². The molecule has 2 heterocycles. The van der Waals surface area contributed by atoms with Crippen molar-refractivity contribution in [1.82, 2.24) is 14.8 Å². The second-order valence-corrected chi connectivity index (χ2v) is 12.4. The lowest BCUT2D eigenvalue weighted by molar-refractivity contribution is 0.395. The van der Waals surface area contributed by atoms with E-state index in [2.05, 4.69) is 10.1 Å². The molecule has 13 heteroatoms. The minimum Gasteiger partial charge on any atom is -0.383 e. The van der Waals surface area contributed by atoms with Crippen molar-refractivity contribution in [3.05, 3.63) is 64.6 Å². The second-order valence-electron chi connectivity index (χ2n) is 10.3. The van der Waals surface area contributed by atoms with E-state index in [0.29, 0.717) is 10.9 Å². The lowest BCUT2D eigenvalue weighted by Gasteiger charge is -2.27. The molecular formula is C27H28ClF3N6O2S. The van der Waals surface area contributed by atoms with E-state index in [1.165, 1.54) is 0 Å². The first-order valence-corrected chi connectivity index (χ1v) is 14.6. The van der Waals surface area contributed by atoms with Gasteiger partial charge >= 0.3 is 0 Å². The third-order valence-corrected chi connectivity index (χ3v) is 9.07. The van der Waals surface area contributed by atoms with Gasteiger partial charge in [-0.05, 0) is 75.3 Å². The van der Waals surface area contributed by atoms with E-state index in [1.807, 2.05) is 18.6 Å². The van der Waals surface area contributed by atoms with Crippen LogP contribution in [0.3, 0.4) is 0 Å². The summed E-state index contributed by atoms with van der Waals surface area (Å²) in [4.78, 5) is 3.88. The molecule has 2 aromatic carbocycles. The predicted molar refractivity (Wildman–Crippen MR) is 149 cm³/mol. The lowest BCUT2D eigenvalue weighted by Crippen LogP contribution is -2.26. The molecule has 0 aliphatic heterocycles. The van der Waals surface area contributed by atoms with Crippen LogP contribution in [0.5, 0.6) is 0 Å². The minimum absolute atomic E-state index is 0.0930. The molecule has 0 saturated heterocycles. The molecule has 1 fully saturated rings. The third-order valence-electron chi connectivity index (χ3n) is 7.22. The van der Waals surface area contributed by atoms with Gasteiger partial charge in [0.15, 0.2) is 0 Å². The molecule has 1 saturated carbocycles. The molecule has 8 nitrogen and oxygen atoms in total. The largest absolute Gasteiger partial charge is 0.383 e. The SMILES string of the molecule is CC(C)n1nc(-c2cc(F)c(NS(=O)(=O)c3ccc(F)cc3Cl)cc2F)c2c(N)ncc([C@H]3CC[C@H](N)CC3)c21. The Kier molecular flexibility index (Phi) is 7.45. The van der Waals surface area contributed by atoms with Crippen LogP contribution < -0.4 is 16.2 Å². The molecular weight excluding hydrogens is 565 g/mol. The molecule has 4 aromatic rings. The summed E-state index contributed by atoms with van der Waals surface area (Å²) in [5.74, 6) is -2.47. The monoisotopic (exact) mass is 592 g/mol. The van der Waals surface area contributed by atoms with Gasteiger partial charge in [0.1, 0.15) is 33.9 Å². The number of nitrogens with one attached hydrogen (secondary N) is 1. The Morgan fingerprint density at radius 3 is 2.42 bits per heavy atom. The highest BCUT2D eigenvalue weighted by Gasteiger charge is 2.29. The quantitative estimate of drug-likeness (QED) is 0.247. The van der Waals surface area contributed by atoms with Gasteiger partial charge in [0.2, 0.25) is 0 Å². The molecule has 0 spiro atoms. The Balaban J connectivity index is 1.61. The zero-order valence-electron chi connectivity index (χ0n) is 21.8. The average molecular weight is 593 g/mol. The first kappa shape index (κ1) is 28.2. The van der Waals surface area contributed by atoms with Gasteiger partial charge < -0.3 is 11.5 Å². The fraction of sp³-hybridized carbons (Fsp3) is 0.333. The minimum atomic E-state index is -4.46. The van der Waals surface area contributed by atoms with Gasteiger partial charge in [-0.2, -0.15) is 5.10 Å². The van der Waals surface area contributed by atoms with Crippen LogP contribution in [0.1, 0.15) is 57.1 Å². The number of sulfonamides is 1. The maximum absolute atomic E-state index is 15.6. The fourth-order valence-corrected chi connectivity index (χ4v) is 6.80. The van der Waals surface area contributed by atoms with Crippen molar-refractivity contribution >= 4 is 44.0 Å². The van der Waals surface area contributed by atoms with E-state index in [4.69, 9.17) is 23.1 Å². The number of nitrogen functional groups attached to an aromatic ring is 1. The van der Waals surface area contributed by atoms with Crippen LogP contribution in [-0.2, 0) is 10.0 Å². The third kappa shape index (κ3) is 5.11. The Bertz CT molecular complexity index is 1720. The zero-order valence-corrected chi connectivity index (χ0v) is 23.3. The Morgan fingerprint density at radius 2 is 1.77 bits per heavy atom. The summed E-state index contributed by atoms with van der Waals surface area (Å²) in [6.45, 7) is 3.84. The molecule has 212 valence electrons. The molecule has 0 atom stereocenters. The summed E-state index contributed by atoms with van der Waals surface area (Å²) in [6.07, 6.45) is 5.16. The van der Waals surface area contributed by atoms with Crippen molar-refractivity contribution < 1.29 is 21.6 Å². The molecule has 2 aromatic heterocycles. The summed E-state index contributed by atoms with van der Waals surface area (Å²) < 4.78 is 73.6. The summed E-state index contributed by atoms with van der Waals surface area (Å²) in [7, 11) is -4.46. The summed E-state index contributed by atoms with van der Waals surface area (Å²) in [5, 5.41) is 4.62. The Hall–Kier alpha value is -3.35. The van der Waals surface area contributed by atoms with Crippen LogP contribution in [0, 0.1) is 17.5 Å². The number of nitrogens with two attached hydrogens (primary N) is 2. The average Bonchev–Trinajstić information content (AvgIpc) is 3.28. The van der Waals surface area contributed by atoms with Gasteiger partial charge in [0.05, 0.1) is 21.6 Å². The number of fused-ring (bicyclic) bond motifs is 1. The number of hydrogen-bond donors (Lipinski definition) is 3. The number of hydrogen-bond acceptors (Lipinski definition) is 6. The number of rotatable bonds is 6. The van der Waals surface area contributed by atoms with E-state index in [9.17, 15) is 12.8 Å². The summed E-state index contributed by atoms with van der Waals surface area (Å²) in [5.41, 5.74) is 13.2. The number of pyridine rings is 1. The molecule has 1 aliphatic rings. The summed E-state index contributed by atoms with van der Waals surface area (Å²) >= 11 is 5.87. The summed E-state index contributed by atoms with van der Waals surface area (Å²) in [6, 6.07) is 4.22. The van der Waals surface area contributed by atoms with Crippen LogP contribution in [-0.4, -0.2) is 29.2 Å². The number of benzene rings is 2. The van der Waals surface area contributed by atoms with E-state index in [-0.39, 0.29) is 35.1 Å². The molecule has 5 rings (SSSR count). The van der Waals surface area contributed by atoms with Gasteiger partial charge in [-0.1, -0.05) is 11.6 Å². The normalized spacial score (nSPS) is 18.0. The van der Waals surface area contributed by atoms with Gasteiger partial charge in [0, 0.05) is 29.9 Å². The van der Waals surface area contributed by atoms with Crippen molar-refractivity contribution in [2.75, 3.05) is 10.5 Å². The Labute approximate surface area is 234 Å². The van der Waals surface area contributed by atoms with Crippen LogP contribution in [0.15, 0.2) is 41.4 Å². The first-order valence-electron chi connectivity index (χ1n) is 12.8. The van der Waals surface area contributed by atoms with Crippen LogP contribution in [0.4, 0.5) is 24.7 Å². The van der Waals surface area contributed by atoms with Crippen LogP contribution in [0.25, 0.3) is 22.2 Å². The zero-order chi connectivity index (χ0) is 28.9. The van der Waals surface area contributed by atoms with E-state index >= 15 is 8.78 Å². The second kappa shape index (κ2) is 10.6. The van der Waals surface area contributed by atoms with Crippen LogP contribution >= 0.6 is 11.6 Å². The van der Waals surface area contributed by atoms with Crippen molar-refractivity contribution in [2.45, 2.75) is 62.4 Å². The highest BCUT2D eigenvalue weighted by Crippen LogP contribution is 2.42. The van der Waals surface area contributed by atoms with Gasteiger partial charge in [-0.15, -0.1) is 0 Å². The number of aromatic nitrogens is 3. The van der Waals surface area contributed by atoms with Crippen molar-refractivity contribution in [2.24, 2.45) is 5.73 Å². The van der Waals surface area contributed by atoms with E-state index in [0.717, 1.165) is 61.6 Å². The topological polar surface area (TPSA) is 129 Å². The smallest absolute Gasteiger partial charge is 0.263 e. The molecule has 0 amide bonds. The lowest BCUT2D eigenvalue weighted by atomic mass is 9.82. The maximum atomic E-state index is 15.6. The Morgan fingerprint density at radius 1 is 1.07 bits per heavy atom. The van der Waals surface area contributed by atoms with Gasteiger partial charge in [0.25, 0.3) is 10.0 Å². The first-order chi connectivity index (χ1) is 18.9. The maximum Gasteiger partial charge on any atom is 0.263 e. The molecule has 0 radical (unpaired) electrons. The highest BCUT2D eigenvalue weighted by atomic mass is 35.5.